The van der Waals surface area contributed by atoms with Crippen LogP contribution >= 0.6 is 0 Å². The summed E-state index contributed by atoms with van der Waals surface area (Å²) >= 11 is 0. The van der Waals surface area contributed by atoms with Crippen molar-refractivity contribution >= 4 is 11.9 Å². The highest BCUT2D eigenvalue weighted by Crippen LogP contribution is 2.40. The van der Waals surface area contributed by atoms with Gasteiger partial charge in [0.05, 0.1) is 6.04 Å². The highest BCUT2D eigenvalue weighted by atomic mass is 19.1. The normalized spacial score (nSPS) is 15.4. The zero-order valence-electron chi connectivity index (χ0n) is 19.5. The van der Waals surface area contributed by atoms with Gasteiger partial charge >= 0.3 is 5.97 Å². The number of rotatable bonds is 3. The Labute approximate surface area is 204 Å². The van der Waals surface area contributed by atoms with E-state index in [1.54, 1.807) is 31.0 Å². The zero-order valence-corrected chi connectivity index (χ0v) is 19.5. The number of aromatic hydroxyl groups is 1. The minimum Gasteiger partial charge on any atom is -0.502 e. The van der Waals surface area contributed by atoms with Crippen LogP contribution in [0.25, 0.3) is 0 Å². The minimum absolute atomic E-state index is 0.0958. The van der Waals surface area contributed by atoms with Gasteiger partial charge in [0.2, 0.25) is 5.43 Å². The Balaban J connectivity index is 1.86. The van der Waals surface area contributed by atoms with Crippen LogP contribution < -0.4 is 10.4 Å². The van der Waals surface area contributed by atoms with Gasteiger partial charge in [-0.2, -0.15) is 0 Å². The average Bonchev–Trinajstić information content (AvgIpc) is 2.99. The highest BCUT2D eigenvalue weighted by molar-refractivity contribution is 5.98. The molecule has 0 fully saturated rings. The fourth-order valence-electron chi connectivity index (χ4n) is 5.10. The average molecular weight is 495 g/mol. The van der Waals surface area contributed by atoms with Crippen molar-refractivity contribution < 1.29 is 28.6 Å². The Bertz CT molecular complexity index is 1430. The van der Waals surface area contributed by atoms with Crippen LogP contribution in [0.5, 0.6) is 5.75 Å². The number of aromatic carboxylic acids is 1. The molecule has 2 N–H and O–H groups in total. The third-order valence-corrected chi connectivity index (χ3v) is 6.88. The van der Waals surface area contributed by atoms with Gasteiger partial charge in [-0.25, -0.2) is 13.6 Å². The quantitative estimate of drug-likeness (QED) is 0.579. The van der Waals surface area contributed by atoms with E-state index >= 15 is 8.78 Å². The van der Waals surface area contributed by atoms with Gasteiger partial charge in [-0.3, -0.25) is 19.3 Å². The van der Waals surface area contributed by atoms with Crippen LogP contribution in [0.15, 0.2) is 47.4 Å². The van der Waals surface area contributed by atoms with Crippen molar-refractivity contribution in [3.05, 3.63) is 98.0 Å². The summed E-state index contributed by atoms with van der Waals surface area (Å²) in [6.45, 7) is 3.41. The predicted molar refractivity (Wildman–Crippen MR) is 126 cm³/mol. The molecule has 3 aromatic rings. The number of nitrogens with zero attached hydrogens (tertiary/aromatic N) is 3. The van der Waals surface area contributed by atoms with Gasteiger partial charge in [-0.1, -0.05) is 24.3 Å². The predicted octanol–water partition coefficient (Wildman–Crippen LogP) is 3.18. The van der Waals surface area contributed by atoms with E-state index in [0.717, 1.165) is 10.9 Å². The van der Waals surface area contributed by atoms with Gasteiger partial charge in [0, 0.05) is 12.2 Å². The van der Waals surface area contributed by atoms with E-state index in [1.807, 2.05) is 0 Å². The Kier molecular flexibility index (Phi) is 5.54. The molecule has 1 aliphatic heterocycles. The van der Waals surface area contributed by atoms with Crippen molar-refractivity contribution in [2.75, 3.05) is 11.7 Å². The van der Waals surface area contributed by atoms with Crippen molar-refractivity contribution in [3.63, 3.8) is 0 Å². The fourth-order valence-corrected chi connectivity index (χ4v) is 5.10. The molecule has 0 spiro atoms. The fraction of sp³-hybridized carbons (Fsp3) is 0.269. The second-order valence-corrected chi connectivity index (χ2v) is 9.19. The summed E-state index contributed by atoms with van der Waals surface area (Å²) in [5.41, 5.74) is -0.569. The van der Waals surface area contributed by atoms with Crippen molar-refractivity contribution in [2.45, 2.75) is 38.8 Å². The molecule has 1 aromatic heterocycles. The van der Waals surface area contributed by atoms with Crippen LogP contribution in [0.3, 0.4) is 0 Å². The Hall–Kier alpha value is -4.21. The smallest absolute Gasteiger partial charge is 0.341 e. The highest BCUT2D eigenvalue weighted by Gasteiger charge is 2.41. The van der Waals surface area contributed by atoms with Crippen LogP contribution in [0.4, 0.5) is 8.78 Å². The lowest BCUT2D eigenvalue weighted by Crippen LogP contribution is -2.57. The van der Waals surface area contributed by atoms with Crippen LogP contribution in [0.2, 0.25) is 0 Å². The molecular weight excluding hydrogens is 472 g/mol. The van der Waals surface area contributed by atoms with Gasteiger partial charge in [0.15, 0.2) is 11.4 Å². The number of hydrogen-bond donors (Lipinski definition) is 2. The van der Waals surface area contributed by atoms with E-state index in [9.17, 15) is 24.6 Å². The number of hydrogen-bond acceptors (Lipinski definition) is 5. The number of carbonyl (C=O) groups excluding carboxylic acids is 1. The molecule has 1 amide bonds. The van der Waals surface area contributed by atoms with Crippen molar-refractivity contribution in [2.24, 2.45) is 0 Å². The second-order valence-electron chi connectivity index (χ2n) is 9.19. The molecule has 36 heavy (non-hydrogen) atoms. The Morgan fingerprint density at radius 1 is 1.00 bits per heavy atom. The lowest BCUT2D eigenvalue weighted by atomic mass is 9.93. The topological polar surface area (TPSA) is 103 Å². The maximum Gasteiger partial charge on any atom is 0.341 e. The third kappa shape index (κ3) is 3.43. The standard InChI is InChI=1S/C26H23F2N3O5/c1-13(2)29-12-31(30-11-18(26(35)36)23(32)24(33)22(30)25(29)34)21-16-5-3-7-19(27)14(16)9-10-15-17(21)6-4-8-20(15)28/h3-8,11,13,21,33H,9-10,12H2,1-2H3,(H,35,36). The van der Waals surface area contributed by atoms with E-state index in [1.165, 1.54) is 29.2 Å². The monoisotopic (exact) mass is 495 g/mol. The summed E-state index contributed by atoms with van der Waals surface area (Å²) in [7, 11) is 0. The molecule has 0 saturated carbocycles. The number of amides is 1. The third-order valence-electron chi connectivity index (χ3n) is 6.88. The van der Waals surface area contributed by atoms with Crippen LogP contribution in [-0.4, -0.2) is 44.4 Å². The number of carboxylic acids is 1. The van der Waals surface area contributed by atoms with Crippen molar-refractivity contribution in [3.8, 4) is 5.75 Å². The van der Waals surface area contributed by atoms with Crippen molar-refractivity contribution in [1.82, 2.24) is 9.58 Å². The van der Waals surface area contributed by atoms with Gasteiger partial charge in [-0.15, -0.1) is 0 Å². The molecule has 5 rings (SSSR count). The molecule has 2 heterocycles. The van der Waals surface area contributed by atoms with Crippen LogP contribution in [-0.2, 0) is 12.8 Å². The molecule has 186 valence electrons. The van der Waals surface area contributed by atoms with Gasteiger partial charge in [0.25, 0.3) is 5.91 Å². The Morgan fingerprint density at radius 2 is 1.56 bits per heavy atom. The molecule has 0 saturated heterocycles. The number of aromatic nitrogens is 1. The van der Waals surface area contributed by atoms with Crippen LogP contribution in [0, 0.1) is 11.6 Å². The van der Waals surface area contributed by atoms with E-state index in [0.29, 0.717) is 22.3 Å². The lowest BCUT2D eigenvalue weighted by molar-refractivity contribution is 0.0612. The van der Waals surface area contributed by atoms with Crippen LogP contribution in [0.1, 0.15) is 63.0 Å². The number of fused-ring (bicyclic) bond motifs is 3. The number of carbonyl (C=O) groups is 2. The van der Waals surface area contributed by atoms with E-state index < -0.39 is 52.0 Å². The number of benzene rings is 2. The summed E-state index contributed by atoms with van der Waals surface area (Å²) in [4.78, 5) is 39.1. The first kappa shape index (κ1) is 23.5. The Morgan fingerprint density at radius 3 is 2.06 bits per heavy atom. The largest absolute Gasteiger partial charge is 0.502 e. The molecule has 0 radical (unpaired) electrons. The SMILES string of the molecule is CC(C)N1CN(C2c3cccc(F)c3CCc3c(F)cccc32)n2cc(C(=O)O)c(=O)c(O)c2C1=O. The number of carboxylic acid groups (broad SMARTS) is 1. The summed E-state index contributed by atoms with van der Waals surface area (Å²) in [6, 6.07) is 7.90. The van der Waals surface area contributed by atoms with Crippen molar-refractivity contribution in [1.29, 1.82) is 0 Å². The van der Waals surface area contributed by atoms with Gasteiger partial charge in [0.1, 0.15) is 23.9 Å². The first-order valence-corrected chi connectivity index (χ1v) is 11.5. The molecule has 8 nitrogen and oxygen atoms in total. The zero-order chi connectivity index (χ0) is 25.9. The molecule has 0 bridgehead atoms. The summed E-state index contributed by atoms with van der Waals surface area (Å²) in [6.07, 6.45) is 1.45. The molecule has 10 heteroatoms. The van der Waals surface area contributed by atoms with Gasteiger partial charge in [-0.05, 0) is 61.1 Å². The minimum atomic E-state index is -1.58. The number of pyridine rings is 1. The lowest BCUT2D eigenvalue weighted by Gasteiger charge is -2.45. The molecule has 2 aromatic carbocycles. The molecule has 0 atom stereocenters. The number of halogens is 2. The maximum atomic E-state index is 15.0. The molecule has 0 unspecified atom stereocenters. The summed E-state index contributed by atoms with van der Waals surface area (Å²) in [5.74, 6) is -4.17. The first-order valence-electron chi connectivity index (χ1n) is 11.5. The summed E-state index contributed by atoms with van der Waals surface area (Å²) < 4.78 is 31.2. The second kappa shape index (κ2) is 8.47. The maximum absolute atomic E-state index is 15.0. The molecule has 2 aliphatic rings. The molecular formula is C26H23F2N3O5. The van der Waals surface area contributed by atoms with E-state index in [-0.39, 0.29) is 25.6 Å². The summed E-state index contributed by atoms with van der Waals surface area (Å²) in [5, 5.41) is 21.9. The molecule has 1 aliphatic carbocycles. The first-order chi connectivity index (χ1) is 17.1. The van der Waals surface area contributed by atoms with Gasteiger partial charge < -0.3 is 15.1 Å². The van der Waals surface area contributed by atoms with E-state index in [2.05, 4.69) is 0 Å². The van der Waals surface area contributed by atoms with E-state index in [4.69, 9.17) is 0 Å².